The zero-order valence-electron chi connectivity index (χ0n) is 10.7. The van der Waals surface area contributed by atoms with E-state index in [2.05, 4.69) is 0 Å². The molecule has 0 bridgehead atoms. The Morgan fingerprint density at radius 1 is 1.05 bits per heavy atom. The van der Waals surface area contributed by atoms with E-state index >= 15 is 0 Å². The summed E-state index contributed by atoms with van der Waals surface area (Å²) in [4.78, 5) is 12.2. The summed E-state index contributed by atoms with van der Waals surface area (Å²) in [7, 11) is 0. The van der Waals surface area contributed by atoms with Gasteiger partial charge in [-0.05, 0) is 35.9 Å². The summed E-state index contributed by atoms with van der Waals surface area (Å²) in [6.07, 6.45) is 5.04. The second kappa shape index (κ2) is 5.05. The molecule has 3 nitrogen and oxygen atoms in total. The summed E-state index contributed by atoms with van der Waals surface area (Å²) in [5.41, 5.74) is 1.76. The highest BCUT2D eigenvalue weighted by Gasteiger charge is 2.06. The Morgan fingerprint density at radius 3 is 2.65 bits per heavy atom. The zero-order chi connectivity index (χ0) is 13.9. The maximum atomic E-state index is 12.2. The Kier molecular flexibility index (Phi) is 3.09. The van der Waals surface area contributed by atoms with E-state index in [4.69, 9.17) is 0 Å². The number of rotatable bonds is 2. The third-order valence-electron chi connectivity index (χ3n) is 3.13. The minimum absolute atomic E-state index is 0.116. The Hall–Kier alpha value is -2.81. The summed E-state index contributed by atoms with van der Waals surface area (Å²) < 4.78 is 1.56. The molecule has 3 rings (SSSR count). The molecule has 0 saturated carbocycles. The highest BCUT2D eigenvalue weighted by molar-refractivity contribution is 6.00. The van der Waals surface area contributed by atoms with Gasteiger partial charge in [-0.3, -0.25) is 9.36 Å². The van der Waals surface area contributed by atoms with Gasteiger partial charge in [0.05, 0.1) is 5.52 Å². The summed E-state index contributed by atoms with van der Waals surface area (Å²) in [5, 5.41) is 10.3. The van der Waals surface area contributed by atoms with Gasteiger partial charge in [0.15, 0.2) is 0 Å². The topological polar surface area (TPSA) is 42.2 Å². The average Bonchev–Trinajstić information content (AvgIpc) is 2.89. The van der Waals surface area contributed by atoms with Crippen molar-refractivity contribution in [2.45, 2.75) is 0 Å². The van der Waals surface area contributed by atoms with E-state index < -0.39 is 0 Å². The molecule has 2 aromatic carbocycles. The van der Waals surface area contributed by atoms with Crippen LogP contribution in [0.5, 0.6) is 5.75 Å². The highest BCUT2D eigenvalue weighted by atomic mass is 16.3. The third-order valence-corrected chi connectivity index (χ3v) is 3.13. The van der Waals surface area contributed by atoms with Crippen molar-refractivity contribution in [1.82, 2.24) is 4.57 Å². The van der Waals surface area contributed by atoms with Crippen LogP contribution in [0.4, 0.5) is 0 Å². The lowest BCUT2D eigenvalue weighted by molar-refractivity contribution is 0.0975. The minimum Gasteiger partial charge on any atom is -0.508 e. The number of phenols is 1. The molecule has 20 heavy (non-hydrogen) atoms. The number of carbonyl (C=O) groups excluding carboxylic acids is 1. The maximum Gasteiger partial charge on any atom is 0.255 e. The van der Waals surface area contributed by atoms with Crippen LogP contribution in [0.25, 0.3) is 17.0 Å². The monoisotopic (exact) mass is 263 g/mol. The number of fused-ring (bicyclic) bond motifs is 1. The molecule has 0 aliphatic rings. The number of allylic oxidation sites excluding steroid dienone is 1. The number of hydrogen-bond donors (Lipinski definition) is 1. The van der Waals surface area contributed by atoms with E-state index in [1.807, 2.05) is 36.4 Å². The van der Waals surface area contributed by atoms with Crippen molar-refractivity contribution >= 4 is 22.9 Å². The van der Waals surface area contributed by atoms with E-state index in [0.29, 0.717) is 0 Å². The van der Waals surface area contributed by atoms with Crippen molar-refractivity contribution in [3.8, 4) is 5.75 Å². The average molecular weight is 263 g/mol. The molecule has 0 unspecified atom stereocenters. The molecule has 0 saturated heterocycles. The molecule has 0 radical (unpaired) electrons. The molecular weight excluding hydrogens is 250 g/mol. The first-order valence-corrected chi connectivity index (χ1v) is 6.31. The largest absolute Gasteiger partial charge is 0.508 e. The lowest BCUT2D eigenvalue weighted by Gasteiger charge is -2.00. The number of carbonyl (C=O) groups is 1. The van der Waals surface area contributed by atoms with Gasteiger partial charge >= 0.3 is 0 Å². The smallest absolute Gasteiger partial charge is 0.255 e. The van der Waals surface area contributed by atoms with Gasteiger partial charge in [-0.2, -0.15) is 0 Å². The Balaban J connectivity index is 1.91. The molecule has 3 heteroatoms. The van der Waals surface area contributed by atoms with Crippen molar-refractivity contribution in [2.75, 3.05) is 0 Å². The SMILES string of the molecule is O=C(/C=C/c1ccccc1)n1ccc2cc(O)ccc21. The predicted octanol–water partition coefficient (Wildman–Crippen LogP) is 3.70. The van der Waals surface area contributed by atoms with Crippen LogP contribution in [0.3, 0.4) is 0 Å². The first-order chi connectivity index (χ1) is 9.74. The van der Waals surface area contributed by atoms with Crippen LogP contribution in [0.15, 0.2) is 66.9 Å². The van der Waals surface area contributed by atoms with Gasteiger partial charge in [0.25, 0.3) is 5.91 Å². The van der Waals surface area contributed by atoms with E-state index in [1.54, 1.807) is 41.1 Å². The number of aromatic nitrogens is 1. The number of aromatic hydroxyl groups is 1. The lowest BCUT2D eigenvalue weighted by atomic mass is 10.2. The fourth-order valence-corrected chi connectivity index (χ4v) is 2.13. The van der Waals surface area contributed by atoms with Crippen LogP contribution in [-0.4, -0.2) is 15.6 Å². The second-order valence-electron chi connectivity index (χ2n) is 4.51. The molecule has 0 aliphatic heterocycles. The number of hydrogen-bond acceptors (Lipinski definition) is 2. The van der Waals surface area contributed by atoms with E-state index in [1.165, 1.54) is 0 Å². The maximum absolute atomic E-state index is 12.2. The third kappa shape index (κ3) is 2.34. The Bertz CT molecular complexity index is 785. The molecule has 0 spiro atoms. The summed E-state index contributed by atoms with van der Waals surface area (Å²) in [6, 6.07) is 16.4. The number of phenolic OH excluding ortho intramolecular Hbond substituents is 1. The first kappa shape index (κ1) is 12.2. The zero-order valence-corrected chi connectivity index (χ0v) is 10.7. The molecular formula is C17H13NO2. The van der Waals surface area contributed by atoms with Crippen molar-refractivity contribution < 1.29 is 9.90 Å². The van der Waals surface area contributed by atoms with Crippen molar-refractivity contribution in [2.24, 2.45) is 0 Å². The highest BCUT2D eigenvalue weighted by Crippen LogP contribution is 2.21. The number of nitrogens with zero attached hydrogens (tertiary/aromatic N) is 1. The van der Waals surface area contributed by atoms with Crippen LogP contribution < -0.4 is 0 Å². The fraction of sp³-hybridized carbons (Fsp3) is 0. The molecule has 0 atom stereocenters. The van der Waals surface area contributed by atoms with Crippen molar-refractivity contribution in [1.29, 1.82) is 0 Å². The predicted molar refractivity (Wildman–Crippen MR) is 79.7 cm³/mol. The fourth-order valence-electron chi connectivity index (χ4n) is 2.13. The molecule has 0 amide bonds. The van der Waals surface area contributed by atoms with Crippen LogP contribution in [-0.2, 0) is 0 Å². The van der Waals surface area contributed by atoms with Crippen LogP contribution >= 0.6 is 0 Å². The first-order valence-electron chi connectivity index (χ1n) is 6.31. The van der Waals surface area contributed by atoms with Gasteiger partial charge in [0.2, 0.25) is 0 Å². The molecule has 1 heterocycles. The standard InChI is InChI=1S/C17H13NO2/c19-15-7-8-16-14(12-15)10-11-18(16)17(20)9-6-13-4-2-1-3-5-13/h1-12,19H/b9-6+. The lowest BCUT2D eigenvalue weighted by Crippen LogP contribution is -2.04. The number of benzene rings is 2. The van der Waals surface area contributed by atoms with Gasteiger partial charge in [0.1, 0.15) is 5.75 Å². The molecule has 1 N–H and O–H groups in total. The normalized spacial score (nSPS) is 11.2. The van der Waals surface area contributed by atoms with Gasteiger partial charge in [-0.25, -0.2) is 0 Å². The van der Waals surface area contributed by atoms with Crippen molar-refractivity contribution in [3.63, 3.8) is 0 Å². The molecule has 3 aromatic rings. The summed E-state index contributed by atoms with van der Waals surface area (Å²) in [5.74, 6) is 0.0806. The minimum atomic E-state index is -0.116. The molecule has 98 valence electrons. The van der Waals surface area contributed by atoms with E-state index in [0.717, 1.165) is 16.5 Å². The van der Waals surface area contributed by atoms with Gasteiger partial charge < -0.3 is 5.11 Å². The molecule has 0 aliphatic carbocycles. The summed E-state index contributed by atoms with van der Waals surface area (Å²) in [6.45, 7) is 0. The van der Waals surface area contributed by atoms with Crippen LogP contribution in [0, 0.1) is 0 Å². The Labute approximate surface area is 116 Å². The Morgan fingerprint density at radius 2 is 1.85 bits per heavy atom. The van der Waals surface area contributed by atoms with E-state index in [9.17, 15) is 9.90 Å². The molecule has 1 aromatic heterocycles. The van der Waals surface area contributed by atoms with Gasteiger partial charge in [0, 0.05) is 17.7 Å². The van der Waals surface area contributed by atoms with Crippen LogP contribution in [0.1, 0.15) is 10.4 Å². The quantitative estimate of drug-likeness (QED) is 0.716. The second-order valence-corrected chi connectivity index (χ2v) is 4.51. The van der Waals surface area contributed by atoms with Gasteiger partial charge in [-0.1, -0.05) is 30.3 Å². The molecule has 0 fully saturated rings. The van der Waals surface area contributed by atoms with Crippen molar-refractivity contribution in [3.05, 3.63) is 72.4 Å². The summed E-state index contributed by atoms with van der Waals surface area (Å²) >= 11 is 0. The van der Waals surface area contributed by atoms with Gasteiger partial charge in [-0.15, -0.1) is 0 Å². The van der Waals surface area contributed by atoms with E-state index in [-0.39, 0.29) is 11.7 Å². The van der Waals surface area contributed by atoms with Crippen LogP contribution in [0.2, 0.25) is 0 Å².